The van der Waals surface area contributed by atoms with Crippen molar-refractivity contribution in [3.63, 3.8) is 0 Å². The van der Waals surface area contributed by atoms with Gasteiger partial charge in [0.25, 0.3) is 5.56 Å². The molecule has 0 aliphatic heterocycles. The van der Waals surface area contributed by atoms with Crippen molar-refractivity contribution in [2.24, 2.45) is 0 Å². The summed E-state index contributed by atoms with van der Waals surface area (Å²) in [5.74, 6) is -0.227. The monoisotopic (exact) mass is 471 g/mol. The molecule has 2 aromatic heterocycles. The molecule has 2 rings (SSSR count). The van der Waals surface area contributed by atoms with Gasteiger partial charge >= 0.3 is 5.69 Å². The Balaban J connectivity index is 2.19. The van der Waals surface area contributed by atoms with E-state index in [0.717, 1.165) is 6.42 Å². The molecule has 4 N–H and O–H groups in total. The summed E-state index contributed by atoms with van der Waals surface area (Å²) < 4.78 is 6.90. The molecule has 0 radical (unpaired) electrons. The van der Waals surface area contributed by atoms with E-state index in [1.165, 1.54) is 32.6 Å². The lowest BCUT2D eigenvalue weighted by molar-refractivity contribution is -0.116. The molecule has 31 heavy (non-hydrogen) atoms. The van der Waals surface area contributed by atoms with Crippen LogP contribution in [0.5, 0.6) is 0 Å². The van der Waals surface area contributed by atoms with Crippen molar-refractivity contribution < 1.29 is 9.53 Å². The number of thioether (sulfide) groups is 1. The van der Waals surface area contributed by atoms with Crippen LogP contribution < -0.4 is 27.2 Å². The van der Waals surface area contributed by atoms with E-state index in [2.05, 4.69) is 20.5 Å². The lowest BCUT2D eigenvalue weighted by atomic mass is 10.2. The highest BCUT2D eigenvalue weighted by Gasteiger charge is 2.24. The lowest BCUT2D eigenvalue weighted by Crippen LogP contribution is -2.42. The Bertz CT molecular complexity index is 973. The Labute approximate surface area is 188 Å². The van der Waals surface area contributed by atoms with Crippen molar-refractivity contribution in [1.82, 2.24) is 19.7 Å². The van der Waals surface area contributed by atoms with E-state index in [0.29, 0.717) is 48.6 Å². The molecule has 0 aromatic carbocycles. The zero-order valence-electron chi connectivity index (χ0n) is 18.0. The summed E-state index contributed by atoms with van der Waals surface area (Å²) in [4.78, 5) is 41.3. The largest absolute Gasteiger partial charge is 0.383 e. The molecule has 0 aliphatic carbocycles. The number of ether oxygens (including phenoxy) is 1. The first-order valence-corrected chi connectivity index (χ1v) is 11.8. The van der Waals surface area contributed by atoms with Crippen molar-refractivity contribution in [1.29, 1.82) is 0 Å². The van der Waals surface area contributed by atoms with Gasteiger partial charge in [-0.2, -0.15) is 0 Å². The van der Waals surface area contributed by atoms with Gasteiger partial charge in [-0.25, -0.2) is 4.79 Å². The fraction of sp³-hybridized carbons (Fsp3) is 0.611. The SMILES string of the molecule is CCCCN(C(=O)CSc1nnc(NCCOC)s1)c1c(N)n(CCC)c(=O)[nH]c1=O. The van der Waals surface area contributed by atoms with Gasteiger partial charge in [-0.1, -0.05) is 43.4 Å². The molecule has 0 saturated carbocycles. The number of nitrogens with zero attached hydrogens (tertiary/aromatic N) is 4. The Morgan fingerprint density at radius 1 is 1.32 bits per heavy atom. The van der Waals surface area contributed by atoms with Crippen molar-refractivity contribution in [2.75, 3.05) is 48.5 Å². The van der Waals surface area contributed by atoms with E-state index >= 15 is 0 Å². The highest BCUT2D eigenvalue weighted by atomic mass is 32.2. The van der Waals surface area contributed by atoms with Crippen LogP contribution >= 0.6 is 23.1 Å². The highest BCUT2D eigenvalue weighted by Crippen LogP contribution is 2.26. The smallest absolute Gasteiger partial charge is 0.330 e. The maximum Gasteiger partial charge on any atom is 0.330 e. The summed E-state index contributed by atoms with van der Waals surface area (Å²) in [5.41, 5.74) is 4.93. The van der Waals surface area contributed by atoms with Gasteiger partial charge in [0, 0.05) is 26.7 Å². The van der Waals surface area contributed by atoms with Crippen molar-refractivity contribution in [3.05, 3.63) is 20.8 Å². The number of nitrogens with two attached hydrogens (primary N) is 1. The number of methoxy groups -OCH3 is 1. The number of carbonyl (C=O) groups is 1. The molecule has 0 saturated heterocycles. The second-order valence-corrected chi connectivity index (χ2v) is 8.83. The Morgan fingerprint density at radius 3 is 2.77 bits per heavy atom. The molecule has 0 spiro atoms. The minimum atomic E-state index is -0.662. The van der Waals surface area contributed by atoms with Crippen LogP contribution in [0.4, 0.5) is 16.6 Å². The number of hydrogen-bond donors (Lipinski definition) is 3. The number of hydrogen-bond acceptors (Lipinski definition) is 10. The number of nitrogen functional groups attached to an aromatic ring is 1. The number of amides is 1. The molecule has 2 heterocycles. The third kappa shape index (κ3) is 6.80. The van der Waals surface area contributed by atoms with E-state index < -0.39 is 11.2 Å². The maximum atomic E-state index is 13.0. The number of carbonyl (C=O) groups excluding carboxylic acids is 1. The van der Waals surface area contributed by atoms with Crippen LogP contribution in [0.25, 0.3) is 0 Å². The molecule has 0 fully saturated rings. The van der Waals surface area contributed by atoms with E-state index in [4.69, 9.17) is 10.5 Å². The zero-order valence-corrected chi connectivity index (χ0v) is 19.6. The number of unbranched alkanes of at least 4 members (excludes halogenated alkanes) is 1. The molecule has 13 heteroatoms. The highest BCUT2D eigenvalue weighted by molar-refractivity contribution is 8.01. The molecule has 0 aliphatic rings. The van der Waals surface area contributed by atoms with Gasteiger partial charge in [0.1, 0.15) is 5.82 Å². The van der Waals surface area contributed by atoms with E-state index in [9.17, 15) is 14.4 Å². The van der Waals surface area contributed by atoms with Gasteiger partial charge in [-0.3, -0.25) is 19.1 Å². The van der Waals surface area contributed by atoms with Crippen LogP contribution in [-0.4, -0.2) is 58.2 Å². The van der Waals surface area contributed by atoms with Gasteiger partial charge < -0.3 is 20.7 Å². The van der Waals surface area contributed by atoms with Crippen LogP contribution in [0.3, 0.4) is 0 Å². The third-order valence-electron chi connectivity index (χ3n) is 4.28. The second-order valence-electron chi connectivity index (χ2n) is 6.63. The number of aromatic nitrogens is 4. The third-order valence-corrected chi connectivity index (χ3v) is 6.27. The van der Waals surface area contributed by atoms with Gasteiger partial charge in [0.15, 0.2) is 10.0 Å². The fourth-order valence-corrected chi connectivity index (χ4v) is 4.42. The Morgan fingerprint density at radius 2 is 2.10 bits per heavy atom. The maximum absolute atomic E-state index is 13.0. The summed E-state index contributed by atoms with van der Waals surface area (Å²) in [6.07, 6.45) is 2.18. The predicted molar refractivity (Wildman–Crippen MR) is 124 cm³/mol. The number of nitrogens with one attached hydrogen (secondary N) is 2. The van der Waals surface area contributed by atoms with Gasteiger partial charge in [-0.05, 0) is 12.8 Å². The number of H-pyrrole nitrogens is 1. The first-order valence-electron chi connectivity index (χ1n) is 10.0. The minimum Gasteiger partial charge on any atom is -0.383 e. The molecule has 0 atom stereocenters. The van der Waals surface area contributed by atoms with Gasteiger partial charge in [0.05, 0.1) is 12.4 Å². The van der Waals surface area contributed by atoms with Crippen molar-refractivity contribution >= 4 is 45.6 Å². The summed E-state index contributed by atoms with van der Waals surface area (Å²) in [7, 11) is 1.62. The number of anilines is 3. The van der Waals surface area contributed by atoms with Crippen LogP contribution in [-0.2, 0) is 16.1 Å². The first-order chi connectivity index (χ1) is 14.9. The minimum absolute atomic E-state index is 0.00518. The summed E-state index contributed by atoms with van der Waals surface area (Å²) in [5, 5.41) is 11.8. The lowest BCUT2D eigenvalue weighted by Gasteiger charge is -2.24. The quantitative estimate of drug-likeness (QED) is 0.291. The number of aromatic amines is 1. The van der Waals surface area contributed by atoms with Gasteiger partial charge in [0.2, 0.25) is 11.0 Å². The molecular formula is C18H29N7O4S2. The topological polar surface area (TPSA) is 148 Å². The molecule has 172 valence electrons. The van der Waals surface area contributed by atoms with E-state index in [1.54, 1.807) is 7.11 Å². The van der Waals surface area contributed by atoms with E-state index in [-0.39, 0.29) is 23.2 Å². The summed E-state index contributed by atoms with van der Waals surface area (Å²) in [6, 6.07) is 0. The Hall–Kier alpha value is -2.38. The summed E-state index contributed by atoms with van der Waals surface area (Å²) >= 11 is 2.57. The standard InChI is InChI=1S/C18H29N7O4S2/c1-4-6-9-24(13-14(19)25(8-5-2)17(28)21-15(13)27)12(26)11-30-18-23-22-16(31-18)20-7-10-29-3/h4-11,19H2,1-3H3,(H,20,22)(H,21,27,28). The molecule has 2 aromatic rings. The average Bonchev–Trinajstić information content (AvgIpc) is 3.19. The molecular weight excluding hydrogens is 442 g/mol. The number of rotatable bonds is 13. The fourth-order valence-electron chi connectivity index (χ4n) is 2.76. The van der Waals surface area contributed by atoms with Crippen molar-refractivity contribution in [2.45, 2.75) is 44.0 Å². The van der Waals surface area contributed by atoms with E-state index in [1.807, 2.05) is 13.8 Å². The molecule has 11 nitrogen and oxygen atoms in total. The molecule has 0 unspecified atom stereocenters. The second kappa shape index (κ2) is 12.5. The summed E-state index contributed by atoms with van der Waals surface area (Å²) in [6.45, 7) is 5.71. The van der Waals surface area contributed by atoms with Gasteiger partial charge in [-0.15, -0.1) is 10.2 Å². The normalized spacial score (nSPS) is 10.9. The van der Waals surface area contributed by atoms with Crippen molar-refractivity contribution in [3.8, 4) is 0 Å². The molecule has 1 amide bonds. The first kappa shape index (κ1) is 24.9. The predicted octanol–water partition coefficient (Wildman–Crippen LogP) is 1.36. The molecule has 0 bridgehead atoms. The van der Waals surface area contributed by atoms with Crippen LogP contribution in [0.15, 0.2) is 13.9 Å². The zero-order chi connectivity index (χ0) is 22.8. The Kier molecular flexibility index (Phi) is 10.0. The van der Waals surface area contributed by atoms with Crippen LogP contribution in [0.2, 0.25) is 0 Å². The van der Waals surface area contributed by atoms with Crippen LogP contribution in [0, 0.1) is 0 Å². The average molecular weight is 472 g/mol. The van der Waals surface area contributed by atoms with Crippen LogP contribution in [0.1, 0.15) is 33.1 Å².